The van der Waals surface area contributed by atoms with E-state index in [1.807, 2.05) is 35.2 Å². The van der Waals surface area contributed by atoms with Crippen LogP contribution in [0.4, 0.5) is 0 Å². The molecule has 144 valence electrons. The number of likely N-dealkylation sites (tertiary alicyclic amines) is 1. The van der Waals surface area contributed by atoms with Gasteiger partial charge >= 0.3 is 0 Å². The third kappa shape index (κ3) is 3.50. The predicted octanol–water partition coefficient (Wildman–Crippen LogP) is 4.05. The van der Waals surface area contributed by atoms with E-state index in [0.717, 1.165) is 41.5 Å². The van der Waals surface area contributed by atoms with E-state index in [4.69, 9.17) is 4.74 Å². The van der Waals surface area contributed by atoms with Gasteiger partial charge in [0, 0.05) is 32.6 Å². The Bertz CT molecular complexity index is 967. The van der Waals surface area contributed by atoms with E-state index in [9.17, 15) is 4.79 Å². The Morgan fingerprint density at radius 1 is 1.25 bits per heavy atom. The number of nitrogens with zero attached hydrogens (tertiary/aromatic N) is 2. The number of piperidine rings is 1. The fourth-order valence-corrected chi connectivity index (χ4v) is 5.07. The minimum Gasteiger partial charge on any atom is -0.431 e. The first-order valence-corrected chi connectivity index (χ1v) is 10.6. The second-order valence-electron chi connectivity index (χ2n) is 7.72. The highest BCUT2D eigenvalue weighted by molar-refractivity contribution is 7.20. The van der Waals surface area contributed by atoms with Crippen LogP contribution in [0, 0.1) is 11.8 Å². The van der Waals surface area contributed by atoms with Crippen molar-refractivity contribution in [2.75, 3.05) is 13.1 Å². The van der Waals surface area contributed by atoms with E-state index >= 15 is 0 Å². The highest BCUT2D eigenvalue weighted by Crippen LogP contribution is 2.49. The van der Waals surface area contributed by atoms with E-state index in [0.29, 0.717) is 17.2 Å². The Morgan fingerprint density at radius 3 is 2.86 bits per heavy atom. The summed E-state index contributed by atoms with van der Waals surface area (Å²) in [5.41, 5.74) is 2.17. The molecular weight excluding hydrogens is 370 g/mol. The zero-order chi connectivity index (χ0) is 19.1. The number of hydrogen-bond acceptors (Lipinski definition) is 5. The summed E-state index contributed by atoms with van der Waals surface area (Å²) in [6.07, 6.45) is 1.29. The Labute approximate surface area is 168 Å². The maximum Gasteiger partial charge on any atom is 0.279 e. The first-order chi connectivity index (χ1) is 13.7. The molecule has 3 unspecified atom stereocenters. The summed E-state index contributed by atoms with van der Waals surface area (Å²) in [6, 6.07) is 16.5. The smallest absolute Gasteiger partial charge is 0.279 e. The molecule has 3 aromatic rings. The number of carbonyl (C=O) groups is 1. The van der Waals surface area contributed by atoms with Gasteiger partial charge in [-0.15, -0.1) is 0 Å². The second-order valence-corrected chi connectivity index (χ2v) is 8.72. The van der Waals surface area contributed by atoms with Gasteiger partial charge in [-0.1, -0.05) is 35.6 Å². The SMILES string of the molecule is CC(=O)N1CC2CC2C1CNCc1ccc(Oc2nc3ccccc3s2)cc1. The van der Waals surface area contributed by atoms with Gasteiger partial charge in [0.25, 0.3) is 5.19 Å². The van der Waals surface area contributed by atoms with Crippen molar-refractivity contribution in [3.8, 4) is 10.9 Å². The molecule has 1 aromatic heterocycles. The van der Waals surface area contributed by atoms with Crippen molar-refractivity contribution in [2.45, 2.75) is 25.9 Å². The number of rotatable bonds is 6. The van der Waals surface area contributed by atoms with E-state index in [1.165, 1.54) is 12.0 Å². The number of nitrogens with one attached hydrogen (secondary N) is 1. The molecule has 1 saturated carbocycles. The van der Waals surface area contributed by atoms with Gasteiger partial charge < -0.3 is 15.0 Å². The summed E-state index contributed by atoms with van der Waals surface area (Å²) in [5.74, 6) is 2.45. The topological polar surface area (TPSA) is 54.5 Å². The number of thiazole rings is 1. The van der Waals surface area contributed by atoms with Crippen LogP contribution in [0.5, 0.6) is 10.9 Å². The molecule has 6 heteroatoms. The van der Waals surface area contributed by atoms with Crippen molar-refractivity contribution < 1.29 is 9.53 Å². The molecule has 0 radical (unpaired) electrons. The molecule has 1 amide bonds. The first-order valence-electron chi connectivity index (χ1n) is 9.77. The number of aromatic nitrogens is 1. The van der Waals surface area contributed by atoms with Crippen LogP contribution in [-0.2, 0) is 11.3 Å². The molecule has 2 aromatic carbocycles. The highest BCUT2D eigenvalue weighted by atomic mass is 32.1. The van der Waals surface area contributed by atoms with Gasteiger partial charge in [-0.3, -0.25) is 4.79 Å². The standard InChI is InChI=1S/C22H23N3O2S/c1-14(26)25-13-16-10-18(16)20(25)12-23-11-15-6-8-17(9-7-15)27-22-24-19-4-2-3-5-21(19)28-22/h2-9,16,18,20,23H,10-13H2,1H3. The molecule has 2 aliphatic rings. The minimum atomic E-state index is 0.204. The molecule has 1 aliphatic carbocycles. The third-order valence-corrected chi connectivity index (χ3v) is 6.71. The van der Waals surface area contributed by atoms with Crippen LogP contribution in [0.1, 0.15) is 18.9 Å². The summed E-state index contributed by atoms with van der Waals surface area (Å²) in [6.45, 7) is 4.29. The van der Waals surface area contributed by atoms with Gasteiger partial charge in [-0.05, 0) is 48.1 Å². The fraction of sp³-hybridized carbons (Fsp3) is 0.364. The van der Waals surface area contributed by atoms with E-state index < -0.39 is 0 Å². The van der Waals surface area contributed by atoms with Crippen molar-refractivity contribution in [2.24, 2.45) is 11.8 Å². The van der Waals surface area contributed by atoms with Crippen molar-refractivity contribution in [3.05, 3.63) is 54.1 Å². The first kappa shape index (κ1) is 17.6. The molecule has 5 rings (SSSR count). The second kappa shape index (κ2) is 7.18. The lowest BCUT2D eigenvalue weighted by atomic mass is 10.1. The van der Waals surface area contributed by atoms with Crippen LogP contribution < -0.4 is 10.1 Å². The molecule has 2 fully saturated rings. The maximum atomic E-state index is 11.8. The third-order valence-electron chi connectivity index (χ3n) is 5.79. The summed E-state index contributed by atoms with van der Waals surface area (Å²) in [7, 11) is 0. The predicted molar refractivity (Wildman–Crippen MR) is 111 cm³/mol. The molecule has 28 heavy (non-hydrogen) atoms. The fourth-order valence-electron chi connectivity index (χ4n) is 4.23. The molecule has 1 N–H and O–H groups in total. The summed E-state index contributed by atoms with van der Waals surface area (Å²) >= 11 is 1.55. The Hall–Kier alpha value is -2.44. The van der Waals surface area contributed by atoms with Gasteiger partial charge in [-0.2, -0.15) is 0 Å². The molecule has 1 saturated heterocycles. The lowest BCUT2D eigenvalue weighted by molar-refractivity contribution is -0.130. The van der Waals surface area contributed by atoms with Gasteiger partial charge in [-0.25, -0.2) is 4.98 Å². The minimum absolute atomic E-state index is 0.204. The number of hydrogen-bond donors (Lipinski definition) is 1. The lowest BCUT2D eigenvalue weighted by Gasteiger charge is -2.26. The van der Waals surface area contributed by atoms with Gasteiger partial charge in [0.1, 0.15) is 5.75 Å². The number of carbonyl (C=O) groups excluding carboxylic acids is 1. The summed E-state index contributed by atoms with van der Waals surface area (Å²) in [4.78, 5) is 18.3. The van der Waals surface area contributed by atoms with Gasteiger partial charge in [0.2, 0.25) is 5.91 Å². The zero-order valence-corrected chi connectivity index (χ0v) is 16.6. The number of benzene rings is 2. The Kier molecular flexibility index (Phi) is 4.53. The molecule has 2 heterocycles. The zero-order valence-electron chi connectivity index (χ0n) is 15.8. The van der Waals surface area contributed by atoms with Crippen LogP contribution in [0.3, 0.4) is 0 Å². The van der Waals surface area contributed by atoms with E-state index in [-0.39, 0.29) is 5.91 Å². The average molecular weight is 394 g/mol. The quantitative estimate of drug-likeness (QED) is 0.687. The number of ether oxygens (including phenoxy) is 1. The van der Waals surface area contributed by atoms with Crippen LogP contribution in [0.15, 0.2) is 48.5 Å². The maximum absolute atomic E-state index is 11.8. The van der Waals surface area contributed by atoms with Gasteiger partial charge in [0.15, 0.2) is 0 Å². The number of para-hydroxylation sites is 1. The van der Waals surface area contributed by atoms with Crippen LogP contribution in [-0.4, -0.2) is 34.9 Å². The summed E-state index contributed by atoms with van der Waals surface area (Å²) in [5, 5.41) is 4.19. The number of fused-ring (bicyclic) bond motifs is 2. The summed E-state index contributed by atoms with van der Waals surface area (Å²) < 4.78 is 7.03. The van der Waals surface area contributed by atoms with Gasteiger partial charge in [0.05, 0.1) is 10.2 Å². The van der Waals surface area contributed by atoms with E-state index in [1.54, 1.807) is 18.3 Å². The monoisotopic (exact) mass is 393 g/mol. The van der Waals surface area contributed by atoms with E-state index in [2.05, 4.69) is 28.5 Å². The van der Waals surface area contributed by atoms with Crippen molar-refractivity contribution >= 4 is 27.5 Å². The van der Waals surface area contributed by atoms with Crippen molar-refractivity contribution in [1.29, 1.82) is 0 Å². The van der Waals surface area contributed by atoms with Crippen LogP contribution in [0.2, 0.25) is 0 Å². The molecule has 3 atom stereocenters. The average Bonchev–Trinajstić information content (AvgIpc) is 3.19. The highest BCUT2D eigenvalue weighted by Gasteiger charge is 2.52. The number of amides is 1. The molecule has 1 aliphatic heterocycles. The van der Waals surface area contributed by atoms with Crippen molar-refractivity contribution in [3.63, 3.8) is 0 Å². The molecule has 0 bridgehead atoms. The largest absolute Gasteiger partial charge is 0.431 e. The van der Waals surface area contributed by atoms with Crippen LogP contribution in [0.25, 0.3) is 10.2 Å². The molecule has 5 nitrogen and oxygen atoms in total. The molecular formula is C22H23N3O2S. The Morgan fingerprint density at radius 2 is 2.07 bits per heavy atom. The Balaban J connectivity index is 1.16. The van der Waals surface area contributed by atoms with Crippen molar-refractivity contribution in [1.82, 2.24) is 15.2 Å². The van der Waals surface area contributed by atoms with Crippen LogP contribution >= 0.6 is 11.3 Å². The molecule has 0 spiro atoms. The normalized spacial score (nSPS) is 23.0. The lowest BCUT2D eigenvalue weighted by Crippen LogP contribution is -2.43.